The quantitative estimate of drug-likeness (QED) is 0.919. The molecule has 0 amide bonds. The second kappa shape index (κ2) is 5.83. The standard InChI is InChI=1S/C16H23NO3/c1-12-6-7-14(20-3)13(10-12)11-17-9-5-4-8-16(17,2)15(18)19/h6-7,10H,4-5,8-9,11H2,1-3H3,(H,18,19). The van der Waals surface area contributed by atoms with Crippen molar-refractivity contribution < 1.29 is 14.6 Å². The molecule has 1 aromatic rings. The summed E-state index contributed by atoms with van der Waals surface area (Å²) in [5.41, 5.74) is 1.45. The number of carboxylic acid groups (broad SMARTS) is 1. The maximum absolute atomic E-state index is 11.6. The van der Waals surface area contributed by atoms with Crippen molar-refractivity contribution in [3.8, 4) is 5.75 Å². The third-order valence-electron chi connectivity index (χ3n) is 4.30. The number of methoxy groups -OCH3 is 1. The summed E-state index contributed by atoms with van der Waals surface area (Å²) in [5.74, 6) is 0.0951. The van der Waals surface area contributed by atoms with Crippen molar-refractivity contribution in [2.75, 3.05) is 13.7 Å². The summed E-state index contributed by atoms with van der Waals surface area (Å²) in [6, 6.07) is 6.04. The van der Waals surface area contributed by atoms with E-state index in [1.165, 1.54) is 0 Å². The van der Waals surface area contributed by atoms with Gasteiger partial charge in [0, 0.05) is 12.1 Å². The molecule has 1 fully saturated rings. The average molecular weight is 277 g/mol. The zero-order valence-corrected chi connectivity index (χ0v) is 12.5. The van der Waals surface area contributed by atoms with Crippen LogP contribution in [0.25, 0.3) is 0 Å². The zero-order valence-electron chi connectivity index (χ0n) is 12.5. The Bertz CT molecular complexity index is 500. The van der Waals surface area contributed by atoms with Crippen molar-refractivity contribution in [2.24, 2.45) is 0 Å². The van der Waals surface area contributed by atoms with Crippen LogP contribution in [0, 0.1) is 6.92 Å². The molecule has 1 atom stereocenters. The minimum Gasteiger partial charge on any atom is -0.496 e. The van der Waals surface area contributed by atoms with Crippen molar-refractivity contribution in [1.29, 1.82) is 0 Å². The van der Waals surface area contributed by atoms with E-state index in [9.17, 15) is 9.90 Å². The molecule has 1 aliphatic heterocycles. The van der Waals surface area contributed by atoms with Gasteiger partial charge in [0.2, 0.25) is 0 Å². The summed E-state index contributed by atoms with van der Waals surface area (Å²) in [6.45, 7) is 5.31. The summed E-state index contributed by atoms with van der Waals surface area (Å²) < 4.78 is 5.40. The first-order valence-corrected chi connectivity index (χ1v) is 7.09. The van der Waals surface area contributed by atoms with E-state index in [-0.39, 0.29) is 0 Å². The minimum atomic E-state index is -0.771. The first-order valence-electron chi connectivity index (χ1n) is 7.09. The van der Waals surface area contributed by atoms with Gasteiger partial charge in [-0.1, -0.05) is 17.7 Å². The number of piperidine rings is 1. The van der Waals surface area contributed by atoms with Crippen LogP contribution in [0.4, 0.5) is 0 Å². The van der Waals surface area contributed by atoms with Crippen molar-refractivity contribution in [3.05, 3.63) is 29.3 Å². The number of ether oxygens (including phenoxy) is 1. The van der Waals surface area contributed by atoms with Crippen LogP contribution in [-0.2, 0) is 11.3 Å². The van der Waals surface area contributed by atoms with E-state index in [4.69, 9.17) is 4.74 Å². The molecule has 0 aliphatic carbocycles. The largest absolute Gasteiger partial charge is 0.496 e. The van der Waals surface area contributed by atoms with Crippen LogP contribution in [0.2, 0.25) is 0 Å². The van der Waals surface area contributed by atoms with E-state index >= 15 is 0 Å². The van der Waals surface area contributed by atoms with E-state index in [0.717, 1.165) is 36.3 Å². The third kappa shape index (κ3) is 2.80. The van der Waals surface area contributed by atoms with E-state index in [0.29, 0.717) is 13.0 Å². The van der Waals surface area contributed by atoms with Gasteiger partial charge in [-0.25, -0.2) is 0 Å². The Kier molecular flexibility index (Phi) is 4.33. The number of hydrogen-bond donors (Lipinski definition) is 1. The first-order chi connectivity index (χ1) is 9.47. The normalized spacial score (nSPS) is 23.6. The van der Waals surface area contributed by atoms with Crippen LogP contribution >= 0.6 is 0 Å². The van der Waals surface area contributed by atoms with Gasteiger partial charge in [-0.3, -0.25) is 9.69 Å². The van der Waals surface area contributed by atoms with Gasteiger partial charge in [-0.2, -0.15) is 0 Å². The van der Waals surface area contributed by atoms with Crippen molar-refractivity contribution in [2.45, 2.75) is 45.2 Å². The molecule has 4 heteroatoms. The predicted molar refractivity (Wildman–Crippen MR) is 78.0 cm³/mol. The lowest BCUT2D eigenvalue weighted by atomic mass is 9.88. The molecule has 1 saturated heterocycles. The van der Waals surface area contributed by atoms with Gasteiger partial charge in [0.25, 0.3) is 0 Å². The fourth-order valence-electron chi connectivity index (χ4n) is 2.91. The number of rotatable bonds is 4. The maximum Gasteiger partial charge on any atom is 0.323 e. The molecule has 1 unspecified atom stereocenters. The Hall–Kier alpha value is -1.55. The predicted octanol–water partition coefficient (Wildman–Crippen LogP) is 2.83. The highest BCUT2D eigenvalue weighted by Gasteiger charge is 2.41. The fraction of sp³-hybridized carbons (Fsp3) is 0.562. The van der Waals surface area contributed by atoms with E-state index in [1.54, 1.807) is 7.11 Å². The Morgan fingerprint density at radius 2 is 2.20 bits per heavy atom. The molecule has 20 heavy (non-hydrogen) atoms. The molecular formula is C16H23NO3. The molecule has 0 radical (unpaired) electrons. The van der Waals surface area contributed by atoms with Crippen molar-refractivity contribution in [3.63, 3.8) is 0 Å². The number of hydrogen-bond acceptors (Lipinski definition) is 3. The second-order valence-corrected chi connectivity index (χ2v) is 5.77. The number of nitrogens with zero attached hydrogens (tertiary/aromatic N) is 1. The van der Waals surface area contributed by atoms with Crippen LogP contribution in [0.3, 0.4) is 0 Å². The van der Waals surface area contributed by atoms with Gasteiger partial charge < -0.3 is 9.84 Å². The van der Waals surface area contributed by atoms with Gasteiger partial charge in [0.15, 0.2) is 0 Å². The number of benzene rings is 1. The summed E-state index contributed by atoms with van der Waals surface area (Å²) in [4.78, 5) is 13.7. The number of aryl methyl sites for hydroxylation is 1. The third-order valence-corrected chi connectivity index (χ3v) is 4.30. The maximum atomic E-state index is 11.6. The minimum absolute atomic E-state index is 0.619. The number of carbonyl (C=O) groups is 1. The topological polar surface area (TPSA) is 49.8 Å². The molecule has 4 nitrogen and oxygen atoms in total. The Balaban J connectivity index is 2.27. The van der Waals surface area contributed by atoms with Crippen LogP contribution in [0.1, 0.15) is 37.3 Å². The molecule has 1 heterocycles. The van der Waals surface area contributed by atoms with Gasteiger partial charge in [-0.15, -0.1) is 0 Å². The smallest absolute Gasteiger partial charge is 0.323 e. The number of carboxylic acids is 1. The molecule has 1 N–H and O–H groups in total. The van der Waals surface area contributed by atoms with Crippen molar-refractivity contribution in [1.82, 2.24) is 4.90 Å². The Morgan fingerprint density at radius 3 is 2.85 bits per heavy atom. The molecule has 1 aliphatic rings. The lowest BCUT2D eigenvalue weighted by Crippen LogP contribution is -2.54. The lowest BCUT2D eigenvalue weighted by molar-refractivity contribution is -0.153. The second-order valence-electron chi connectivity index (χ2n) is 5.77. The van der Waals surface area contributed by atoms with Gasteiger partial charge >= 0.3 is 5.97 Å². The van der Waals surface area contributed by atoms with Gasteiger partial charge in [0.1, 0.15) is 11.3 Å². The van der Waals surface area contributed by atoms with Crippen LogP contribution in [0.15, 0.2) is 18.2 Å². The average Bonchev–Trinajstić information content (AvgIpc) is 2.41. The monoisotopic (exact) mass is 277 g/mol. The fourth-order valence-corrected chi connectivity index (χ4v) is 2.91. The van der Waals surface area contributed by atoms with Crippen LogP contribution in [0.5, 0.6) is 5.75 Å². The summed E-state index contributed by atoms with van der Waals surface area (Å²) in [7, 11) is 1.65. The Labute approximate surface area is 120 Å². The van der Waals surface area contributed by atoms with E-state index in [2.05, 4.69) is 11.0 Å². The SMILES string of the molecule is COc1ccc(C)cc1CN1CCCCC1(C)C(=O)O. The highest BCUT2D eigenvalue weighted by atomic mass is 16.5. The molecule has 0 bridgehead atoms. The van der Waals surface area contributed by atoms with Crippen LogP contribution in [-0.4, -0.2) is 35.2 Å². The summed E-state index contributed by atoms with van der Waals surface area (Å²) in [6.07, 6.45) is 2.73. The van der Waals surface area contributed by atoms with E-state index < -0.39 is 11.5 Å². The van der Waals surface area contributed by atoms with Crippen LogP contribution < -0.4 is 4.74 Å². The molecule has 2 rings (SSSR count). The van der Waals surface area contributed by atoms with E-state index in [1.807, 2.05) is 26.0 Å². The summed E-state index contributed by atoms with van der Waals surface area (Å²) in [5, 5.41) is 9.55. The molecule has 0 spiro atoms. The molecule has 1 aromatic carbocycles. The highest BCUT2D eigenvalue weighted by Crippen LogP contribution is 2.32. The highest BCUT2D eigenvalue weighted by molar-refractivity contribution is 5.78. The Morgan fingerprint density at radius 1 is 1.45 bits per heavy atom. The first kappa shape index (κ1) is 14.9. The van der Waals surface area contributed by atoms with Crippen molar-refractivity contribution >= 4 is 5.97 Å². The van der Waals surface area contributed by atoms with Gasteiger partial charge in [0.05, 0.1) is 7.11 Å². The van der Waals surface area contributed by atoms with Gasteiger partial charge in [-0.05, 0) is 45.7 Å². The molecule has 0 aromatic heterocycles. The lowest BCUT2D eigenvalue weighted by Gasteiger charge is -2.41. The molecule has 0 saturated carbocycles. The number of likely N-dealkylation sites (tertiary alicyclic amines) is 1. The molecule has 110 valence electrons. The zero-order chi connectivity index (χ0) is 14.8. The number of aliphatic carboxylic acids is 1. The molecular weight excluding hydrogens is 254 g/mol. The summed E-state index contributed by atoms with van der Waals surface area (Å²) >= 11 is 0.